The molecule has 0 radical (unpaired) electrons. The van der Waals surface area contributed by atoms with Crippen LogP contribution in [-0.2, 0) is 17.6 Å². The molecule has 0 atom stereocenters. The summed E-state index contributed by atoms with van der Waals surface area (Å²) in [6, 6.07) is 19.0. The maximum Gasteiger partial charge on any atom is 0.416 e. The summed E-state index contributed by atoms with van der Waals surface area (Å²) in [5, 5.41) is 11.3. The number of halogens is 4. The van der Waals surface area contributed by atoms with E-state index >= 15 is 0 Å². The fourth-order valence-electron chi connectivity index (χ4n) is 3.28. The van der Waals surface area contributed by atoms with Gasteiger partial charge in [-0.3, -0.25) is 9.36 Å². The van der Waals surface area contributed by atoms with Crippen molar-refractivity contribution in [1.29, 1.82) is 0 Å². The number of carbonyl (C=O) groups excluding carboxylic acids is 1. The summed E-state index contributed by atoms with van der Waals surface area (Å²) in [5.41, 5.74) is 0.0344. The molecule has 0 bridgehead atoms. The topological polar surface area (TPSA) is 78.3 Å². The lowest BCUT2D eigenvalue weighted by atomic mass is 10.2. The number of thioether (sulfide) groups is 1. The normalized spacial score (nSPS) is 11.3. The highest BCUT2D eigenvalue weighted by atomic mass is 127. The summed E-state index contributed by atoms with van der Waals surface area (Å²) in [4.78, 5) is 12.5. The van der Waals surface area contributed by atoms with E-state index in [1.807, 2.05) is 18.2 Å². The Balaban J connectivity index is 1.57. The Morgan fingerprint density at radius 1 is 1.03 bits per heavy atom. The zero-order valence-corrected chi connectivity index (χ0v) is 22.3. The zero-order valence-electron chi connectivity index (χ0n) is 19.3. The third-order valence-electron chi connectivity index (χ3n) is 5.00. The van der Waals surface area contributed by atoms with E-state index in [2.05, 4.69) is 38.1 Å². The lowest BCUT2D eigenvalue weighted by molar-refractivity contribution is -0.137. The van der Waals surface area contributed by atoms with Gasteiger partial charge < -0.3 is 14.8 Å². The molecule has 37 heavy (non-hydrogen) atoms. The second-order valence-electron chi connectivity index (χ2n) is 7.59. The van der Waals surface area contributed by atoms with Gasteiger partial charge in [0.15, 0.2) is 11.0 Å². The van der Waals surface area contributed by atoms with Gasteiger partial charge in [0.1, 0.15) is 18.1 Å². The van der Waals surface area contributed by atoms with E-state index in [-0.39, 0.29) is 34.9 Å². The van der Waals surface area contributed by atoms with Gasteiger partial charge in [0.05, 0.1) is 24.1 Å². The van der Waals surface area contributed by atoms with Crippen LogP contribution in [0.2, 0.25) is 0 Å². The number of hydrogen-bond acceptors (Lipinski definition) is 6. The fourth-order valence-corrected chi connectivity index (χ4v) is 4.60. The van der Waals surface area contributed by atoms with E-state index in [0.717, 1.165) is 27.5 Å². The van der Waals surface area contributed by atoms with Gasteiger partial charge in [-0.05, 0) is 83.3 Å². The molecule has 3 aromatic carbocycles. The molecule has 4 rings (SSSR count). The molecule has 0 fully saturated rings. The van der Waals surface area contributed by atoms with Crippen LogP contribution in [-0.4, -0.2) is 33.5 Å². The third-order valence-corrected chi connectivity index (χ3v) is 6.60. The number of hydrogen-bond donors (Lipinski definition) is 1. The predicted molar refractivity (Wildman–Crippen MR) is 142 cm³/mol. The van der Waals surface area contributed by atoms with Crippen LogP contribution in [0.4, 0.5) is 18.9 Å². The van der Waals surface area contributed by atoms with Gasteiger partial charge in [0.2, 0.25) is 5.91 Å². The molecular weight excluding hydrogens is 620 g/mol. The van der Waals surface area contributed by atoms with E-state index in [0.29, 0.717) is 17.2 Å². The summed E-state index contributed by atoms with van der Waals surface area (Å²) < 4.78 is 53.5. The van der Waals surface area contributed by atoms with Crippen molar-refractivity contribution in [3.8, 4) is 17.2 Å². The summed E-state index contributed by atoms with van der Waals surface area (Å²) in [6.07, 6.45) is -4.52. The largest absolute Gasteiger partial charge is 0.497 e. The molecule has 0 unspecified atom stereocenters. The van der Waals surface area contributed by atoms with Crippen LogP contribution in [0.25, 0.3) is 5.69 Å². The number of ether oxygens (including phenoxy) is 2. The molecule has 1 amide bonds. The molecule has 0 aliphatic carbocycles. The van der Waals surface area contributed by atoms with Crippen LogP contribution in [0.1, 0.15) is 11.4 Å². The van der Waals surface area contributed by atoms with Crippen molar-refractivity contribution >= 4 is 45.9 Å². The predicted octanol–water partition coefficient (Wildman–Crippen LogP) is 6.21. The molecule has 1 N–H and O–H groups in total. The first-order chi connectivity index (χ1) is 17.7. The second kappa shape index (κ2) is 11.9. The highest BCUT2D eigenvalue weighted by Crippen LogP contribution is 2.32. The molecule has 12 heteroatoms. The molecule has 0 spiro atoms. The summed E-state index contributed by atoms with van der Waals surface area (Å²) >= 11 is 3.20. The summed E-state index contributed by atoms with van der Waals surface area (Å²) in [7, 11) is 1.55. The lowest BCUT2D eigenvalue weighted by Gasteiger charge is -2.14. The number of amides is 1. The number of aromatic nitrogens is 3. The Kier molecular flexibility index (Phi) is 8.59. The molecule has 1 aromatic heterocycles. The first-order valence-corrected chi connectivity index (χ1v) is 12.9. The number of carbonyl (C=O) groups is 1. The van der Waals surface area contributed by atoms with Crippen LogP contribution < -0.4 is 14.8 Å². The Morgan fingerprint density at radius 2 is 1.76 bits per heavy atom. The fraction of sp³-hybridized carbons (Fsp3) is 0.160. The molecular formula is C25H20F3IN4O3S. The quantitative estimate of drug-likeness (QED) is 0.173. The number of nitrogens with one attached hydrogen (secondary N) is 1. The number of methoxy groups -OCH3 is 1. The maximum absolute atomic E-state index is 13.4. The molecule has 0 saturated heterocycles. The molecule has 0 aliphatic rings. The highest BCUT2D eigenvalue weighted by Gasteiger charge is 2.31. The van der Waals surface area contributed by atoms with E-state index in [1.54, 1.807) is 37.4 Å². The van der Waals surface area contributed by atoms with Gasteiger partial charge in [-0.15, -0.1) is 10.2 Å². The van der Waals surface area contributed by atoms with Gasteiger partial charge in [-0.1, -0.05) is 23.9 Å². The third kappa shape index (κ3) is 7.16. The van der Waals surface area contributed by atoms with Gasteiger partial charge in [-0.2, -0.15) is 13.2 Å². The minimum atomic E-state index is -4.52. The SMILES string of the molecule is COc1ccc(OCc2nnc(SCC(=O)Nc3cccc(I)c3)n2-c2cccc(C(F)(F)F)c2)cc1. The molecule has 0 saturated carbocycles. The highest BCUT2D eigenvalue weighted by molar-refractivity contribution is 14.1. The zero-order chi connectivity index (χ0) is 26.4. The van der Waals surface area contributed by atoms with Crippen molar-refractivity contribution in [3.05, 3.63) is 87.8 Å². The summed E-state index contributed by atoms with van der Waals surface area (Å²) in [5.74, 6) is 1.13. The van der Waals surface area contributed by atoms with Crippen molar-refractivity contribution in [2.75, 3.05) is 18.2 Å². The van der Waals surface area contributed by atoms with Gasteiger partial charge >= 0.3 is 6.18 Å². The smallest absolute Gasteiger partial charge is 0.416 e. The molecule has 4 aromatic rings. The van der Waals surface area contributed by atoms with Crippen molar-refractivity contribution in [2.45, 2.75) is 17.9 Å². The number of benzene rings is 3. The Labute approximate surface area is 228 Å². The molecule has 192 valence electrons. The minimum absolute atomic E-state index is 0.0259. The van der Waals surface area contributed by atoms with E-state index < -0.39 is 11.7 Å². The van der Waals surface area contributed by atoms with Crippen molar-refractivity contribution in [2.24, 2.45) is 0 Å². The van der Waals surface area contributed by atoms with E-state index in [1.165, 1.54) is 16.7 Å². The maximum atomic E-state index is 13.4. The second-order valence-corrected chi connectivity index (χ2v) is 9.78. The minimum Gasteiger partial charge on any atom is -0.497 e. The first kappa shape index (κ1) is 26.8. The Bertz CT molecular complexity index is 1380. The van der Waals surface area contributed by atoms with Gasteiger partial charge in [0.25, 0.3) is 0 Å². The average Bonchev–Trinajstić information content (AvgIpc) is 3.29. The number of anilines is 1. The number of alkyl halides is 3. The Hall–Kier alpha value is -3.26. The van der Waals surface area contributed by atoms with Crippen LogP contribution in [0.3, 0.4) is 0 Å². The van der Waals surface area contributed by atoms with Crippen molar-refractivity contribution in [3.63, 3.8) is 0 Å². The number of nitrogens with zero attached hydrogens (tertiary/aromatic N) is 3. The van der Waals surface area contributed by atoms with Crippen LogP contribution in [0.15, 0.2) is 78.0 Å². The Morgan fingerprint density at radius 3 is 2.46 bits per heavy atom. The monoisotopic (exact) mass is 640 g/mol. The van der Waals surface area contributed by atoms with Crippen molar-refractivity contribution < 1.29 is 27.4 Å². The van der Waals surface area contributed by atoms with Crippen LogP contribution in [0, 0.1) is 3.57 Å². The lowest BCUT2D eigenvalue weighted by Crippen LogP contribution is -2.15. The molecule has 1 heterocycles. The van der Waals surface area contributed by atoms with Gasteiger partial charge in [-0.25, -0.2) is 0 Å². The average molecular weight is 640 g/mol. The van der Waals surface area contributed by atoms with Crippen LogP contribution in [0.5, 0.6) is 11.5 Å². The molecule has 0 aliphatic heterocycles. The first-order valence-electron chi connectivity index (χ1n) is 10.8. The van der Waals surface area contributed by atoms with Crippen LogP contribution >= 0.6 is 34.4 Å². The van der Waals surface area contributed by atoms with Gasteiger partial charge in [0, 0.05) is 9.26 Å². The standard InChI is InChI=1S/C25H20F3IN4O3S/c1-35-20-8-10-21(11-9-20)36-14-22-31-32-24(33(22)19-7-2-4-16(12-19)25(26,27)28)37-15-23(34)30-18-6-3-5-17(29)13-18/h2-13H,14-15H2,1H3,(H,30,34). The molecule has 7 nitrogen and oxygen atoms in total. The summed E-state index contributed by atoms with van der Waals surface area (Å²) in [6.45, 7) is -0.0647. The van der Waals surface area contributed by atoms with E-state index in [9.17, 15) is 18.0 Å². The van der Waals surface area contributed by atoms with Crippen molar-refractivity contribution in [1.82, 2.24) is 14.8 Å². The van der Waals surface area contributed by atoms with E-state index in [4.69, 9.17) is 9.47 Å². The number of rotatable bonds is 9.